The van der Waals surface area contributed by atoms with Crippen LogP contribution in [0.1, 0.15) is 35.6 Å². The van der Waals surface area contributed by atoms with E-state index in [1.807, 2.05) is 26.8 Å². The van der Waals surface area contributed by atoms with Gasteiger partial charge in [0, 0.05) is 6.20 Å². The van der Waals surface area contributed by atoms with Gasteiger partial charge in [0.2, 0.25) is 0 Å². The molecule has 3 nitrogen and oxygen atoms in total. The number of aryl methyl sites for hydroxylation is 2. The van der Waals surface area contributed by atoms with E-state index in [1.165, 1.54) is 6.07 Å². The van der Waals surface area contributed by atoms with E-state index in [1.54, 1.807) is 18.3 Å². The van der Waals surface area contributed by atoms with Gasteiger partial charge in [-0.15, -0.1) is 0 Å². The maximum absolute atomic E-state index is 13.5. The van der Waals surface area contributed by atoms with Gasteiger partial charge in [0.15, 0.2) is 0 Å². The highest BCUT2D eigenvalue weighted by Gasteiger charge is 2.17. The quantitative estimate of drug-likeness (QED) is 0.917. The maximum atomic E-state index is 13.5. The Morgan fingerprint density at radius 1 is 1.26 bits per heavy atom. The van der Waals surface area contributed by atoms with Gasteiger partial charge in [-0.05, 0) is 49.7 Å². The summed E-state index contributed by atoms with van der Waals surface area (Å²) in [5, 5.41) is 3.35. The van der Waals surface area contributed by atoms with Crippen molar-refractivity contribution in [2.24, 2.45) is 0 Å². The average molecular weight is 259 g/mol. The molecule has 2 aromatic rings. The van der Waals surface area contributed by atoms with E-state index in [0.29, 0.717) is 0 Å². The summed E-state index contributed by atoms with van der Waals surface area (Å²) in [4.78, 5) is 8.55. The Balaban J connectivity index is 2.48. The van der Waals surface area contributed by atoms with Crippen molar-refractivity contribution in [3.8, 4) is 0 Å². The Morgan fingerprint density at radius 2 is 2.05 bits per heavy atom. The van der Waals surface area contributed by atoms with Crippen molar-refractivity contribution in [2.45, 2.75) is 26.8 Å². The number of aromatic nitrogens is 2. The normalized spacial score (nSPS) is 12.4. The molecule has 1 N–H and O–H groups in total. The van der Waals surface area contributed by atoms with Crippen LogP contribution in [0.15, 0.2) is 30.5 Å². The third-order valence-corrected chi connectivity index (χ3v) is 3.05. The highest BCUT2D eigenvalue weighted by Crippen LogP contribution is 2.24. The van der Waals surface area contributed by atoms with Gasteiger partial charge in [-0.1, -0.05) is 13.0 Å². The molecule has 1 aromatic heterocycles. The van der Waals surface area contributed by atoms with Crippen molar-refractivity contribution < 1.29 is 4.39 Å². The Labute approximate surface area is 112 Å². The second-order valence-electron chi connectivity index (χ2n) is 4.52. The van der Waals surface area contributed by atoms with Crippen LogP contribution in [0.4, 0.5) is 4.39 Å². The lowest BCUT2D eigenvalue weighted by Crippen LogP contribution is -2.24. The molecular weight excluding hydrogens is 241 g/mol. The second-order valence-corrected chi connectivity index (χ2v) is 4.52. The van der Waals surface area contributed by atoms with Crippen LogP contribution in [-0.2, 0) is 0 Å². The van der Waals surface area contributed by atoms with Gasteiger partial charge in [0.05, 0.1) is 11.7 Å². The number of hydrogen-bond acceptors (Lipinski definition) is 3. The fourth-order valence-electron chi connectivity index (χ4n) is 2.14. The highest BCUT2D eigenvalue weighted by atomic mass is 19.1. The molecule has 2 rings (SSSR count). The van der Waals surface area contributed by atoms with E-state index in [0.717, 1.165) is 29.2 Å². The molecule has 4 heteroatoms. The molecule has 0 saturated heterocycles. The van der Waals surface area contributed by atoms with Crippen molar-refractivity contribution >= 4 is 0 Å². The number of benzene rings is 1. The van der Waals surface area contributed by atoms with E-state index >= 15 is 0 Å². The van der Waals surface area contributed by atoms with Crippen LogP contribution in [0, 0.1) is 19.7 Å². The smallest absolute Gasteiger partial charge is 0.125 e. The first-order valence-electron chi connectivity index (χ1n) is 6.40. The van der Waals surface area contributed by atoms with Crippen LogP contribution >= 0.6 is 0 Å². The van der Waals surface area contributed by atoms with Crippen LogP contribution in [-0.4, -0.2) is 16.5 Å². The number of halogens is 1. The fourth-order valence-corrected chi connectivity index (χ4v) is 2.14. The summed E-state index contributed by atoms with van der Waals surface area (Å²) in [6.45, 7) is 6.64. The molecule has 0 amide bonds. The van der Waals surface area contributed by atoms with Gasteiger partial charge in [-0.3, -0.25) is 0 Å². The molecule has 1 unspecified atom stereocenters. The minimum Gasteiger partial charge on any atom is -0.305 e. The molecule has 0 bridgehead atoms. The molecule has 1 atom stereocenters. The molecule has 19 heavy (non-hydrogen) atoms. The topological polar surface area (TPSA) is 37.8 Å². The Kier molecular flexibility index (Phi) is 4.22. The maximum Gasteiger partial charge on any atom is 0.125 e. The molecule has 1 aromatic carbocycles. The predicted octanol–water partition coefficient (Wildman–Crippen LogP) is 2.93. The third kappa shape index (κ3) is 3.15. The molecule has 0 saturated carbocycles. The second kappa shape index (κ2) is 5.89. The monoisotopic (exact) mass is 259 g/mol. The average Bonchev–Trinajstić information content (AvgIpc) is 2.39. The van der Waals surface area contributed by atoms with Crippen molar-refractivity contribution in [1.29, 1.82) is 0 Å². The first-order chi connectivity index (χ1) is 9.11. The van der Waals surface area contributed by atoms with Gasteiger partial charge in [0.25, 0.3) is 0 Å². The van der Waals surface area contributed by atoms with E-state index in [2.05, 4.69) is 15.3 Å². The summed E-state index contributed by atoms with van der Waals surface area (Å²) in [6, 6.07) is 6.60. The summed E-state index contributed by atoms with van der Waals surface area (Å²) in [7, 11) is 0. The van der Waals surface area contributed by atoms with E-state index in [-0.39, 0.29) is 11.9 Å². The molecule has 0 spiro atoms. The van der Waals surface area contributed by atoms with Crippen LogP contribution in [0.25, 0.3) is 0 Å². The Hall–Kier alpha value is -1.81. The van der Waals surface area contributed by atoms with Crippen LogP contribution in [0.2, 0.25) is 0 Å². The predicted molar refractivity (Wildman–Crippen MR) is 73.4 cm³/mol. The molecule has 0 aliphatic heterocycles. The van der Waals surface area contributed by atoms with Gasteiger partial charge >= 0.3 is 0 Å². The van der Waals surface area contributed by atoms with Gasteiger partial charge in [-0.25, -0.2) is 14.4 Å². The van der Waals surface area contributed by atoms with Crippen LogP contribution in [0.3, 0.4) is 0 Å². The standard InChI is InChI=1S/C15H18FN3/c1-4-17-15(14-7-8-18-11(3)19-14)13-9-12(16)6-5-10(13)2/h5-9,15,17H,4H2,1-3H3. The lowest BCUT2D eigenvalue weighted by Gasteiger charge is -2.20. The van der Waals surface area contributed by atoms with Crippen molar-refractivity contribution in [2.75, 3.05) is 6.54 Å². The largest absolute Gasteiger partial charge is 0.305 e. The molecule has 0 radical (unpaired) electrons. The van der Waals surface area contributed by atoms with Gasteiger partial charge in [-0.2, -0.15) is 0 Å². The summed E-state index contributed by atoms with van der Waals surface area (Å²) in [5.74, 6) is 0.490. The number of hydrogen-bond donors (Lipinski definition) is 1. The molecular formula is C15H18FN3. The van der Waals surface area contributed by atoms with Crippen molar-refractivity contribution in [3.05, 3.63) is 58.9 Å². The van der Waals surface area contributed by atoms with Crippen LogP contribution < -0.4 is 5.32 Å². The summed E-state index contributed by atoms with van der Waals surface area (Å²) < 4.78 is 13.5. The van der Waals surface area contributed by atoms with E-state index < -0.39 is 0 Å². The first kappa shape index (κ1) is 13.6. The molecule has 0 fully saturated rings. The molecule has 0 aliphatic carbocycles. The number of nitrogens with one attached hydrogen (secondary N) is 1. The molecule has 1 heterocycles. The highest BCUT2D eigenvalue weighted by molar-refractivity contribution is 5.34. The first-order valence-corrected chi connectivity index (χ1v) is 6.40. The van der Waals surface area contributed by atoms with Crippen molar-refractivity contribution in [3.63, 3.8) is 0 Å². The lowest BCUT2D eigenvalue weighted by molar-refractivity contribution is 0.590. The number of rotatable bonds is 4. The third-order valence-electron chi connectivity index (χ3n) is 3.05. The molecule has 100 valence electrons. The lowest BCUT2D eigenvalue weighted by atomic mass is 9.98. The Bertz CT molecular complexity index is 569. The van der Waals surface area contributed by atoms with E-state index in [4.69, 9.17) is 0 Å². The van der Waals surface area contributed by atoms with Crippen molar-refractivity contribution in [1.82, 2.24) is 15.3 Å². The van der Waals surface area contributed by atoms with Gasteiger partial charge in [0.1, 0.15) is 11.6 Å². The Morgan fingerprint density at radius 3 is 2.74 bits per heavy atom. The minimum atomic E-state index is -0.228. The summed E-state index contributed by atoms with van der Waals surface area (Å²) in [6.07, 6.45) is 1.73. The summed E-state index contributed by atoms with van der Waals surface area (Å²) in [5.41, 5.74) is 2.83. The zero-order valence-corrected chi connectivity index (χ0v) is 11.4. The minimum absolute atomic E-state index is 0.109. The molecule has 0 aliphatic rings. The van der Waals surface area contributed by atoms with E-state index in [9.17, 15) is 4.39 Å². The zero-order chi connectivity index (χ0) is 13.8. The zero-order valence-electron chi connectivity index (χ0n) is 11.4. The SMILES string of the molecule is CCNC(c1ccnc(C)n1)c1cc(F)ccc1C. The van der Waals surface area contributed by atoms with Crippen LogP contribution in [0.5, 0.6) is 0 Å². The fraction of sp³-hybridized carbons (Fsp3) is 0.333. The van der Waals surface area contributed by atoms with Gasteiger partial charge < -0.3 is 5.32 Å². The summed E-state index contributed by atoms with van der Waals surface area (Å²) >= 11 is 0. The number of nitrogens with zero attached hydrogens (tertiary/aromatic N) is 2.